The van der Waals surface area contributed by atoms with Gasteiger partial charge in [0.1, 0.15) is 22.7 Å². The number of nitrogens with one attached hydrogen (secondary N) is 1. The summed E-state index contributed by atoms with van der Waals surface area (Å²) in [4.78, 5) is 46.2. The Hall–Kier alpha value is -5.47. The van der Waals surface area contributed by atoms with Crippen LogP contribution in [0.4, 0.5) is 23.0 Å². The predicted molar refractivity (Wildman–Crippen MR) is 219 cm³/mol. The molecule has 0 aliphatic carbocycles. The number of pyridine rings is 4. The molecule has 6 aromatic rings. The molecule has 0 aromatic carbocycles. The number of nitrogens with zero attached hydrogens (tertiary/aromatic N) is 11. The van der Waals surface area contributed by atoms with Crippen molar-refractivity contribution in [2.45, 2.75) is 51.4 Å². The zero-order chi connectivity index (χ0) is 38.9. The molecule has 3 aliphatic heterocycles. The van der Waals surface area contributed by atoms with Gasteiger partial charge in [0.25, 0.3) is 0 Å². The van der Waals surface area contributed by atoms with Gasteiger partial charge in [0.05, 0.1) is 59.9 Å². The average Bonchev–Trinajstić information content (AvgIpc) is 3.77. The van der Waals surface area contributed by atoms with Crippen molar-refractivity contribution in [3.8, 4) is 0 Å². The van der Waals surface area contributed by atoms with Crippen LogP contribution in [0, 0.1) is 5.92 Å². The second-order valence-corrected chi connectivity index (χ2v) is 15.3. The number of hydrogen-bond donors (Lipinski definition) is 1. The number of likely N-dealkylation sites (tertiary alicyclic amines) is 1. The monoisotopic (exact) mass is 756 g/mol. The van der Waals surface area contributed by atoms with Crippen molar-refractivity contribution in [2.75, 3.05) is 63.3 Å². The summed E-state index contributed by atoms with van der Waals surface area (Å²) in [6, 6.07) is 8.59. The van der Waals surface area contributed by atoms with Gasteiger partial charge in [-0.1, -0.05) is 13.8 Å². The van der Waals surface area contributed by atoms with Gasteiger partial charge >= 0.3 is 0 Å². The summed E-state index contributed by atoms with van der Waals surface area (Å²) in [5.41, 5.74) is 10.9. The number of fused-ring (bicyclic) bond motifs is 2. The van der Waals surface area contributed by atoms with Gasteiger partial charge in [-0.05, 0) is 48.9 Å². The number of rotatable bonds is 9. The first-order chi connectivity index (χ1) is 27.2. The summed E-state index contributed by atoms with van der Waals surface area (Å²) < 4.78 is 9.40. The molecule has 3 saturated heterocycles. The molecule has 9 rings (SSSR count). The number of anilines is 4. The van der Waals surface area contributed by atoms with E-state index in [0.717, 1.165) is 103 Å². The molecule has 56 heavy (non-hydrogen) atoms. The van der Waals surface area contributed by atoms with Gasteiger partial charge in [0, 0.05) is 109 Å². The minimum atomic E-state index is 0.129. The maximum absolute atomic E-state index is 12.7. The lowest BCUT2D eigenvalue weighted by molar-refractivity contribution is -0.143. The number of hydrogen-bond acceptors (Lipinski definition) is 11. The van der Waals surface area contributed by atoms with Crippen molar-refractivity contribution in [1.82, 2.24) is 49.3 Å². The molecule has 0 radical (unpaired) electrons. The fourth-order valence-electron chi connectivity index (χ4n) is 7.83. The number of aryl methyl sites for hydroxylation is 4. The van der Waals surface area contributed by atoms with Gasteiger partial charge in [-0.25, -0.2) is 19.9 Å². The Bertz CT molecular complexity index is 2340. The number of carbonyl (C=O) groups is 1. The van der Waals surface area contributed by atoms with Crippen LogP contribution in [0.2, 0.25) is 0 Å². The standard InChI is InChI=1S/C24H30N6O2.C18H22N6/c1-4-16-9-19(18-13-30(14-18)24(31)17-5-7-32-8-6-17)25-12-22(16)29(3)23-10-21-20(11-26-23)27-15-28(21)2;1-4-12-5-14(13-7-19-8-13)20-10-17(12)24(3)18-6-16-15(9-21-18)22-11-23(16)2/h9-12,15,17-18H,4-8,13-14H2,1-3H3;5-6,9-11,13,19H,4,7-8H2,1-3H3. The third-order valence-electron chi connectivity index (χ3n) is 11.7. The van der Waals surface area contributed by atoms with Gasteiger partial charge in [-0.15, -0.1) is 0 Å². The molecule has 9 heterocycles. The number of carbonyl (C=O) groups excluding carboxylic acids is 1. The average molecular weight is 757 g/mol. The Labute approximate surface area is 328 Å². The Morgan fingerprint density at radius 1 is 0.714 bits per heavy atom. The molecule has 3 fully saturated rings. The summed E-state index contributed by atoms with van der Waals surface area (Å²) in [6.45, 7) is 9.34. The Morgan fingerprint density at radius 3 is 1.68 bits per heavy atom. The smallest absolute Gasteiger partial charge is 0.225 e. The molecule has 1 amide bonds. The summed E-state index contributed by atoms with van der Waals surface area (Å²) in [5.74, 6) is 3.05. The molecule has 0 unspecified atom stereocenters. The molecule has 14 nitrogen and oxygen atoms in total. The van der Waals surface area contributed by atoms with Crippen LogP contribution in [0.1, 0.15) is 61.0 Å². The topological polar surface area (TPSA) is 135 Å². The first-order valence-electron chi connectivity index (χ1n) is 19.8. The van der Waals surface area contributed by atoms with E-state index >= 15 is 0 Å². The Balaban J connectivity index is 0.000000164. The Kier molecular flexibility index (Phi) is 10.7. The molecule has 6 aromatic heterocycles. The molecule has 14 heteroatoms. The van der Waals surface area contributed by atoms with Crippen LogP contribution in [-0.4, -0.2) is 103 Å². The van der Waals surface area contributed by atoms with E-state index in [1.54, 1.807) is 6.33 Å². The summed E-state index contributed by atoms with van der Waals surface area (Å²) in [5, 5.41) is 3.31. The van der Waals surface area contributed by atoms with E-state index in [-0.39, 0.29) is 11.8 Å². The van der Waals surface area contributed by atoms with Crippen LogP contribution in [0.15, 0.2) is 61.7 Å². The quantitative estimate of drug-likeness (QED) is 0.203. The number of amides is 1. The lowest BCUT2D eigenvalue weighted by Gasteiger charge is -2.41. The van der Waals surface area contributed by atoms with Gasteiger partial charge in [-0.3, -0.25) is 14.8 Å². The van der Waals surface area contributed by atoms with Crippen molar-refractivity contribution in [3.63, 3.8) is 0 Å². The van der Waals surface area contributed by atoms with Crippen molar-refractivity contribution < 1.29 is 9.53 Å². The van der Waals surface area contributed by atoms with Crippen LogP contribution < -0.4 is 15.1 Å². The van der Waals surface area contributed by atoms with E-state index in [0.29, 0.717) is 25.0 Å². The maximum atomic E-state index is 12.7. The van der Waals surface area contributed by atoms with E-state index in [1.165, 1.54) is 16.8 Å². The molecule has 292 valence electrons. The molecule has 0 atom stereocenters. The highest BCUT2D eigenvalue weighted by atomic mass is 16.5. The van der Waals surface area contributed by atoms with E-state index in [1.807, 2.05) is 73.3 Å². The molecule has 3 aliphatic rings. The Morgan fingerprint density at radius 2 is 1.21 bits per heavy atom. The van der Waals surface area contributed by atoms with Crippen molar-refractivity contribution in [3.05, 3.63) is 84.2 Å². The highest BCUT2D eigenvalue weighted by Gasteiger charge is 2.36. The van der Waals surface area contributed by atoms with Gasteiger partial charge in [-0.2, -0.15) is 0 Å². The number of aromatic nitrogens is 8. The molecular formula is C42H52N12O2. The minimum Gasteiger partial charge on any atom is -0.381 e. The summed E-state index contributed by atoms with van der Waals surface area (Å²) in [7, 11) is 8.06. The third-order valence-corrected chi connectivity index (χ3v) is 11.7. The fourth-order valence-corrected chi connectivity index (χ4v) is 7.83. The maximum Gasteiger partial charge on any atom is 0.225 e. The van der Waals surface area contributed by atoms with Crippen LogP contribution >= 0.6 is 0 Å². The van der Waals surface area contributed by atoms with Gasteiger partial charge in [0.15, 0.2) is 0 Å². The zero-order valence-electron chi connectivity index (χ0n) is 33.3. The molecule has 0 saturated carbocycles. The normalized spacial score (nSPS) is 16.4. The first kappa shape index (κ1) is 37.5. The van der Waals surface area contributed by atoms with Crippen molar-refractivity contribution >= 4 is 51.0 Å². The lowest BCUT2D eigenvalue weighted by atomic mass is 9.90. The highest BCUT2D eigenvalue weighted by Crippen LogP contribution is 2.34. The molecular weight excluding hydrogens is 705 g/mol. The minimum absolute atomic E-state index is 0.129. The summed E-state index contributed by atoms with van der Waals surface area (Å²) >= 11 is 0. The summed E-state index contributed by atoms with van der Waals surface area (Å²) in [6.07, 6.45) is 14.8. The van der Waals surface area contributed by atoms with Crippen molar-refractivity contribution in [2.24, 2.45) is 20.0 Å². The van der Waals surface area contributed by atoms with Gasteiger partial charge in [0.2, 0.25) is 5.91 Å². The van der Waals surface area contributed by atoms with Crippen molar-refractivity contribution in [1.29, 1.82) is 0 Å². The van der Waals surface area contributed by atoms with E-state index < -0.39 is 0 Å². The van der Waals surface area contributed by atoms with Crippen LogP contribution in [0.5, 0.6) is 0 Å². The second-order valence-electron chi connectivity index (χ2n) is 15.3. The SMILES string of the molecule is CCc1cc(C2CN(C(=O)C3CCOCC3)C2)ncc1N(C)c1cc2c(cn1)ncn2C.CCc1cc(C2CNC2)ncc1N(C)c1cc2c(cn1)ncn2C. The fraction of sp³-hybridized carbons (Fsp3) is 0.452. The van der Waals surface area contributed by atoms with E-state index in [2.05, 4.69) is 73.2 Å². The third kappa shape index (κ3) is 7.30. The highest BCUT2D eigenvalue weighted by molar-refractivity contribution is 5.81. The largest absolute Gasteiger partial charge is 0.381 e. The second kappa shape index (κ2) is 15.9. The molecule has 1 N–H and O–H groups in total. The molecule has 0 bridgehead atoms. The predicted octanol–water partition coefficient (Wildman–Crippen LogP) is 5.43. The van der Waals surface area contributed by atoms with Crippen LogP contribution in [-0.2, 0) is 36.5 Å². The van der Waals surface area contributed by atoms with Crippen LogP contribution in [0.3, 0.4) is 0 Å². The van der Waals surface area contributed by atoms with E-state index in [4.69, 9.17) is 14.7 Å². The van der Waals surface area contributed by atoms with Crippen LogP contribution in [0.25, 0.3) is 22.1 Å². The lowest BCUT2D eigenvalue weighted by Crippen LogP contribution is -2.51. The van der Waals surface area contributed by atoms with E-state index in [9.17, 15) is 4.79 Å². The number of ether oxygens (including phenoxy) is 1. The molecule has 0 spiro atoms. The number of imidazole rings is 2. The first-order valence-corrected chi connectivity index (χ1v) is 19.8. The zero-order valence-corrected chi connectivity index (χ0v) is 33.3. The van der Waals surface area contributed by atoms with Gasteiger partial charge < -0.3 is 33.9 Å².